The summed E-state index contributed by atoms with van der Waals surface area (Å²) in [7, 11) is 1.62. The zero-order valence-corrected chi connectivity index (χ0v) is 10.6. The first-order chi connectivity index (χ1) is 8.61. The summed E-state index contributed by atoms with van der Waals surface area (Å²) in [5.41, 5.74) is 9.17. The lowest BCUT2D eigenvalue weighted by atomic mass is 9.99. The van der Waals surface area contributed by atoms with Crippen molar-refractivity contribution in [3.63, 3.8) is 0 Å². The predicted molar refractivity (Wildman–Crippen MR) is 72.6 cm³/mol. The summed E-state index contributed by atoms with van der Waals surface area (Å²) >= 11 is 0. The summed E-state index contributed by atoms with van der Waals surface area (Å²) in [5, 5.41) is 10.3. The van der Waals surface area contributed by atoms with Crippen molar-refractivity contribution in [2.75, 3.05) is 12.8 Å². The van der Waals surface area contributed by atoms with Gasteiger partial charge in [0.1, 0.15) is 11.9 Å². The van der Waals surface area contributed by atoms with Crippen LogP contribution in [0.3, 0.4) is 0 Å². The highest BCUT2D eigenvalue weighted by Crippen LogP contribution is 2.26. The van der Waals surface area contributed by atoms with E-state index in [-0.39, 0.29) is 0 Å². The van der Waals surface area contributed by atoms with Crippen LogP contribution in [0.5, 0.6) is 5.75 Å². The molecule has 0 fully saturated rings. The van der Waals surface area contributed by atoms with Crippen LogP contribution in [0.1, 0.15) is 22.8 Å². The van der Waals surface area contributed by atoms with Crippen LogP contribution in [0.15, 0.2) is 42.5 Å². The molecule has 0 amide bonds. The number of anilines is 1. The van der Waals surface area contributed by atoms with Crippen molar-refractivity contribution in [3.8, 4) is 5.75 Å². The van der Waals surface area contributed by atoms with Crippen molar-refractivity contribution in [2.24, 2.45) is 0 Å². The van der Waals surface area contributed by atoms with E-state index in [1.165, 1.54) is 0 Å². The fraction of sp³-hybridized carbons (Fsp3) is 0.200. The number of methoxy groups -OCH3 is 1. The van der Waals surface area contributed by atoms with Gasteiger partial charge in [-0.3, -0.25) is 0 Å². The van der Waals surface area contributed by atoms with Gasteiger partial charge in [-0.2, -0.15) is 0 Å². The number of ether oxygens (including phenoxy) is 1. The first-order valence-corrected chi connectivity index (χ1v) is 5.80. The highest BCUT2D eigenvalue weighted by molar-refractivity contribution is 5.50. The molecule has 0 aliphatic carbocycles. The first kappa shape index (κ1) is 12.5. The molecule has 0 spiro atoms. The van der Waals surface area contributed by atoms with Gasteiger partial charge in [0, 0.05) is 5.69 Å². The van der Waals surface area contributed by atoms with Crippen LogP contribution in [0, 0.1) is 6.92 Å². The Balaban J connectivity index is 2.28. The molecule has 0 aliphatic rings. The van der Waals surface area contributed by atoms with E-state index < -0.39 is 6.10 Å². The lowest BCUT2D eigenvalue weighted by molar-refractivity contribution is 0.220. The van der Waals surface area contributed by atoms with Crippen LogP contribution in [-0.2, 0) is 0 Å². The number of rotatable bonds is 3. The lowest BCUT2D eigenvalue weighted by Crippen LogP contribution is -2.01. The maximum Gasteiger partial charge on any atom is 0.118 e. The second-order valence-corrected chi connectivity index (χ2v) is 4.29. The van der Waals surface area contributed by atoms with E-state index >= 15 is 0 Å². The smallest absolute Gasteiger partial charge is 0.118 e. The molecule has 3 heteroatoms. The molecular weight excluding hydrogens is 226 g/mol. The number of aliphatic hydroxyl groups is 1. The fourth-order valence-electron chi connectivity index (χ4n) is 1.81. The van der Waals surface area contributed by atoms with E-state index in [1.807, 2.05) is 49.4 Å². The molecule has 0 saturated heterocycles. The molecule has 2 aromatic rings. The van der Waals surface area contributed by atoms with Gasteiger partial charge < -0.3 is 15.6 Å². The minimum absolute atomic E-state index is 0.668. The molecule has 0 heterocycles. The van der Waals surface area contributed by atoms with Crippen molar-refractivity contribution >= 4 is 5.69 Å². The van der Waals surface area contributed by atoms with Gasteiger partial charge in [0.05, 0.1) is 7.11 Å². The van der Waals surface area contributed by atoms with E-state index in [4.69, 9.17) is 10.5 Å². The van der Waals surface area contributed by atoms with Gasteiger partial charge in [0.2, 0.25) is 0 Å². The Morgan fingerprint density at radius 1 is 1.06 bits per heavy atom. The van der Waals surface area contributed by atoms with E-state index in [9.17, 15) is 5.11 Å². The van der Waals surface area contributed by atoms with Crippen LogP contribution in [0.4, 0.5) is 5.69 Å². The van der Waals surface area contributed by atoms with Crippen molar-refractivity contribution in [3.05, 3.63) is 59.2 Å². The second-order valence-electron chi connectivity index (χ2n) is 4.29. The number of hydrogen-bond donors (Lipinski definition) is 2. The Morgan fingerprint density at radius 3 is 2.22 bits per heavy atom. The van der Waals surface area contributed by atoms with Gasteiger partial charge >= 0.3 is 0 Å². The van der Waals surface area contributed by atoms with Gasteiger partial charge in [-0.05, 0) is 41.8 Å². The van der Waals surface area contributed by atoms with Crippen molar-refractivity contribution in [2.45, 2.75) is 13.0 Å². The van der Waals surface area contributed by atoms with Crippen molar-refractivity contribution < 1.29 is 9.84 Å². The van der Waals surface area contributed by atoms with Gasteiger partial charge in [0.25, 0.3) is 0 Å². The summed E-state index contributed by atoms with van der Waals surface area (Å²) < 4.78 is 5.09. The quantitative estimate of drug-likeness (QED) is 0.815. The Labute approximate surface area is 107 Å². The fourth-order valence-corrected chi connectivity index (χ4v) is 1.81. The van der Waals surface area contributed by atoms with E-state index in [1.54, 1.807) is 7.11 Å². The van der Waals surface area contributed by atoms with Crippen LogP contribution < -0.4 is 10.5 Å². The van der Waals surface area contributed by atoms with Gasteiger partial charge in [0.15, 0.2) is 0 Å². The molecule has 0 aliphatic heterocycles. The van der Waals surface area contributed by atoms with Crippen molar-refractivity contribution in [1.29, 1.82) is 0 Å². The Hall–Kier alpha value is -2.00. The third kappa shape index (κ3) is 2.46. The molecule has 0 aromatic heterocycles. The van der Waals surface area contributed by atoms with E-state index in [2.05, 4.69) is 0 Å². The maximum atomic E-state index is 10.3. The molecular formula is C15H17NO2. The molecule has 18 heavy (non-hydrogen) atoms. The summed E-state index contributed by atoms with van der Waals surface area (Å²) in [6.07, 6.45) is -0.668. The Bertz CT molecular complexity index is 535. The summed E-state index contributed by atoms with van der Waals surface area (Å²) in [6.45, 7) is 1.94. The largest absolute Gasteiger partial charge is 0.497 e. The van der Waals surface area contributed by atoms with Crippen molar-refractivity contribution in [1.82, 2.24) is 0 Å². The first-order valence-electron chi connectivity index (χ1n) is 5.80. The second kappa shape index (κ2) is 5.10. The number of aliphatic hydroxyl groups excluding tert-OH is 1. The highest BCUT2D eigenvalue weighted by Gasteiger charge is 2.11. The summed E-state index contributed by atoms with van der Waals surface area (Å²) in [5.74, 6) is 0.773. The maximum absolute atomic E-state index is 10.3. The minimum atomic E-state index is -0.668. The Kier molecular flexibility index (Phi) is 3.53. The van der Waals surface area contributed by atoms with Crippen LogP contribution in [0.2, 0.25) is 0 Å². The molecule has 0 radical (unpaired) electrons. The molecule has 0 saturated carbocycles. The minimum Gasteiger partial charge on any atom is -0.497 e. The zero-order chi connectivity index (χ0) is 13.1. The van der Waals surface area contributed by atoms with Gasteiger partial charge in [-0.25, -0.2) is 0 Å². The molecule has 1 unspecified atom stereocenters. The number of nitrogens with two attached hydrogens (primary N) is 1. The Morgan fingerprint density at radius 2 is 1.67 bits per heavy atom. The molecule has 94 valence electrons. The molecule has 0 bridgehead atoms. The number of aryl methyl sites for hydroxylation is 1. The number of hydrogen-bond acceptors (Lipinski definition) is 3. The SMILES string of the molecule is COc1ccc(C(O)c2ccc(C)c(N)c2)cc1. The molecule has 3 nitrogen and oxygen atoms in total. The standard InChI is InChI=1S/C15H17NO2/c1-10-3-4-12(9-14(10)16)15(17)11-5-7-13(18-2)8-6-11/h3-9,15,17H,16H2,1-2H3. The molecule has 3 N–H and O–H groups in total. The van der Waals surface area contributed by atoms with Gasteiger partial charge in [-0.15, -0.1) is 0 Å². The monoisotopic (exact) mass is 243 g/mol. The average Bonchev–Trinajstić information content (AvgIpc) is 2.41. The summed E-state index contributed by atoms with van der Waals surface area (Å²) in [4.78, 5) is 0. The molecule has 2 aromatic carbocycles. The zero-order valence-electron chi connectivity index (χ0n) is 10.6. The summed E-state index contributed by atoms with van der Waals surface area (Å²) in [6, 6.07) is 13.0. The van der Waals surface area contributed by atoms with Crippen LogP contribution in [0.25, 0.3) is 0 Å². The predicted octanol–water partition coefficient (Wildman–Crippen LogP) is 2.67. The molecule has 2 rings (SSSR count). The average molecular weight is 243 g/mol. The lowest BCUT2D eigenvalue weighted by Gasteiger charge is -2.13. The third-order valence-electron chi connectivity index (χ3n) is 3.05. The van der Waals surface area contributed by atoms with E-state index in [0.29, 0.717) is 5.69 Å². The highest BCUT2D eigenvalue weighted by atomic mass is 16.5. The van der Waals surface area contributed by atoms with Crippen LogP contribution in [-0.4, -0.2) is 12.2 Å². The topological polar surface area (TPSA) is 55.5 Å². The molecule has 1 atom stereocenters. The third-order valence-corrected chi connectivity index (χ3v) is 3.05. The van der Waals surface area contributed by atoms with E-state index in [0.717, 1.165) is 22.4 Å². The normalized spacial score (nSPS) is 12.2. The number of benzene rings is 2. The van der Waals surface area contributed by atoms with Gasteiger partial charge in [-0.1, -0.05) is 24.3 Å². The number of nitrogen functional groups attached to an aromatic ring is 1. The van der Waals surface area contributed by atoms with Crippen LogP contribution >= 0.6 is 0 Å².